The third-order valence-corrected chi connectivity index (χ3v) is 10.1. The summed E-state index contributed by atoms with van der Waals surface area (Å²) in [7, 11) is 0. The maximum absolute atomic E-state index is 4.99. The number of fused-ring (bicyclic) bond motifs is 3. The second-order valence-electron chi connectivity index (χ2n) is 10.2. The fourth-order valence-corrected chi connectivity index (χ4v) is 9.41. The molecule has 0 N–H and O–H groups in total. The minimum atomic E-state index is 0.154. The number of benzene rings is 1. The molecule has 3 aromatic rings. The number of para-hydroxylation sites is 1. The molecule has 2 nitrogen and oxygen atoms in total. The van der Waals surface area contributed by atoms with Gasteiger partial charge in [0.15, 0.2) is 0 Å². The van der Waals surface area contributed by atoms with Crippen LogP contribution in [0, 0.1) is 30.6 Å². The Morgan fingerprint density at radius 1 is 0.966 bits per heavy atom. The molecule has 4 bridgehead atoms. The molecule has 5 aliphatic rings. The third-order valence-electron chi connectivity index (χ3n) is 8.80. The number of pyridine rings is 1. The van der Waals surface area contributed by atoms with E-state index in [4.69, 9.17) is 4.98 Å². The van der Waals surface area contributed by atoms with Crippen LogP contribution in [0.25, 0.3) is 10.2 Å². The van der Waals surface area contributed by atoms with Crippen LogP contribution in [0.3, 0.4) is 0 Å². The smallest absolute Gasteiger partial charge is 0.0869 e. The first-order chi connectivity index (χ1) is 14.2. The minimum Gasteiger partial charge on any atom is -0.353 e. The van der Waals surface area contributed by atoms with Crippen molar-refractivity contribution in [2.45, 2.75) is 57.5 Å². The first-order valence-electron chi connectivity index (χ1n) is 11.4. The first kappa shape index (κ1) is 16.9. The molecule has 4 aliphatic carbocycles. The van der Waals surface area contributed by atoms with Gasteiger partial charge in [0, 0.05) is 22.3 Å². The second kappa shape index (κ2) is 5.63. The van der Waals surface area contributed by atoms with E-state index in [1.54, 1.807) is 10.4 Å². The van der Waals surface area contributed by atoms with E-state index in [-0.39, 0.29) is 5.54 Å². The zero-order valence-corrected chi connectivity index (χ0v) is 18.1. The molecule has 3 heteroatoms. The summed E-state index contributed by atoms with van der Waals surface area (Å²) in [6.45, 7) is 4.76. The molecule has 0 saturated heterocycles. The highest BCUT2D eigenvalue weighted by Gasteiger charge is 2.65. The number of hydrogen-bond acceptors (Lipinski definition) is 3. The van der Waals surface area contributed by atoms with Gasteiger partial charge < -0.3 is 4.90 Å². The van der Waals surface area contributed by atoms with Gasteiger partial charge in [-0.25, -0.2) is 0 Å². The van der Waals surface area contributed by atoms with Gasteiger partial charge in [-0.05, 0) is 93.4 Å². The average molecular weight is 401 g/mol. The summed E-state index contributed by atoms with van der Waals surface area (Å²) < 4.78 is 1.39. The number of aromatic nitrogens is 1. The van der Waals surface area contributed by atoms with Gasteiger partial charge in [0.25, 0.3) is 0 Å². The zero-order chi connectivity index (χ0) is 19.3. The zero-order valence-electron chi connectivity index (χ0n) is 17.3. The lowest BCUT2D eigenvalue weighted by Gasteiger charge is -2.64. The number of anilines is 1. The average Bonchev–Trinajstić information content (AvgIpc) is 3.21. The fourth-order valence-electron chi connectivity index (χ4n) is 8.13. The molecule has 1 aromatic carbocycles. The van der Waals surface area contributed by atoms with Gasteiger partial charge in [0.1, 0.15) is 0 Å². The lowest BCUT2D eigenvalue weighted by Crippen LogP contribution is -2.62. The van der Waals surface area contributed by atoms with E-state index in [1.807, 2.05) is 17.5 Å². The third kappa shape index (κ3) is 1.96. The highest BCUT2D eigenvalue weighted by molar-refractivity contribution is 7.19. The molecule has 29 heavy (non-hydrogen) atoms. The molecule has 2 aromatic heterocycles. The van der Waals surface area contributed by atoms with E-state index in [2.05, 4.69) is 55.1 Å². The highest BCUT2D eigenvalue weighted by atomic mass is 32.1. The van der Waals surface area contributed by atoms with Crippen LogP contribution in [0.15, 0.2) is 42.6 Å². The van der Waals surface area contributed by atoms with E-state index in [0.29, 0.717) is 6.04 Å². The molecule has 1 aliphatic heterocycles. The van der Waals surface area contributed by atoms with Crippen LogP contribution in [0.5, 0.6) is 0 Å². The standard InChI is InChI=1S/C26H28N2S/c1-15-6-3-4-7-21(15)28-16(2)25-23(24-22(29-25)8-5-9-27-24)26(28)19-11-17-10-18(13-19)14-20(26)12-17/h3-9,16-20H,10-14H2,1-2H3/t16-,17?,18?,19?,20?,26?/m0/s1. The van der Waals surface area contributed by atoms with Crippen molar-refractivity contribution in [1.82, 2.24) is 4.98 Å². The molecule has 148 valence electrons. The van der Waals surface area contributed by atoms with Crippen molar-refractivity contribution < 1.29 is 0 Å². The van der Waals surface area contributed by atoms with Crippen molar-refractivity contribution in [2.75, 3.05) is 4.90 Å². The van der Waals surface area contributed by atoms with E-state index < -0.39 is 0 Å². The number of rotatable bonds is 1. The Hall–Kier alpha value is -1.87. The van der Waals surface area contributed by atoms with Crippen LogP contribution in [0.1, 0.15) is 61.1 Å². The van der Waals surface area contributed by atoms with Crippen LogP contribution < -0.4 is 4.90 Å². The largest absolute Gasteiger partial charge is 0.353 e. The topological polar surface area (TPSA) is 16.1 Å². The molecule has 0 unspecified atom stereocenters. The van der Waals surface area contributed by atoms with E-state index in [9.17, 15) is 0 Å². The summed E-state index contributed by atoms with van der Waals surface area (Å²) in [6, 6.07) is 13.9. The normalized spacial score (nSPS) is 37.0. The van der Waals surface area contributed by atoms with E-state index in [1.165, 1.54) is 53.6 Å². The van der Waals surface area contributed by atoms with Crippen molar-refractivity contribution in [1.29, 1.82) is 0 Å². The summed E-state index contributed by atoms with van der Waals surface area (Å²) in [5.74, 6) is 3.50. The predicted molar refractivity (Wildman–Crippen MR) is 120 cm³/mol. The maximum Gasteiger partial charge on any atom is 0.0869 e. The quantitative estimate of drug-likeness (QED) is 0.445. The Labute approximate surface area is 177 Å². The molecular formula is C26H28N2S. The molecule has 1 atom stereocenters. The van der Waals surface area contributed by atoms with Crippen molar-refractivity contribution >= 4 is 27.2 Å². The fraction of sp³-hybridized carbons (Fsp3) is 0.500. The van der Waals surface area contributed by atoms with Crippen LogP contribution in [0.4, 0.5) is 5.69 Å². The molecule has 8 rings (SSSR count). The Bertz CT molecular complexity index is 1100. The molecule has 0 amide bonds. The van der Waals surface area contributed by atoms with Gasteiger partial charge in [0.05, 0.1) is 21.8 Å². The van der Waals surface area contributed by atoms with E-state index in [0.717, 1.165) is 23.7 Å². The number of aryl methyl sites for hydroxylation is 1. The monoisotopic (exact) mass is 400 g/mol. The Balaban J connectivity index is 1.55. The molecule has 0 radical (unpaired) electrons. The Kier molecular flexibility index (Phi) is 3.28. The van der Waals surface area contributed by atoms with Gasteiger partial charge in [-0.1, -0.05) is 18.2 Å². The molecule has 4 fully saturated rings. The number of hydrogen-bond donors (Lipinski definition) is 0. The number of nitrogens with zero attached hydrogens (tertiary/aromatic N) is 2. The Morgan fingerprint density at radius 2 is 1.69 bits per heavy atom. The summed E-state index contributed by atoms with van der Waals surface area (Å²) in [5.41, 5.74) is 5.96. The molecule has 3 heterocycles. The van der Waals surface area contributed by atoms with E-state index >= 15 is 0 Å². The lowest BCUT2D eigenvalue weighted by molar-refractivity contribution is -0.0597. The first-order valence-corrected chi connectivity index (χ1v) is 12.2. The van der Waals surface area contributed by atoms with Gasteiger partial charge in [-0.2, -0.15) is 0 Å². The highest BCUT2D eigenvalue weighted by Crippen LogP contribution is 2.70. The maximum atomic E-state index is 4.99. The summed E-state index contributed by atoms with van der Waals surface area (Å²) in [4.78, 5) is 9.47. The summed E-state index contributed by atoms with van der Waals surface area (Å²) in [6.07, 6.45) is 9.20. The molecular weight excluding hydrogens is 372 g/mol. The summed E-state index contributed by atoms with van der Waals surface area (Å²) in [5, 5.41) is 0. The SMILES string of the molecule is Cc1ccccc1N1[C@@H](C)c2sc3cccnc3c2C12C1CC3CC(C1)CC2C3. The Morgan fingerprint density at radius 3 is 2.41 bits per heavy atom. The second-order valence-corrected chi connectivity index (χ2v) is 11.2. The summed E-state index contributed by atoms with van der Waals surface area (Å²) >= 11 is 2.01. The predicted octanol–water partition coefficient (Wildman–Crippen LogP) is 6.84. The van der Waals surface area contributed by atoms with Gasteiger partial charge >= 0.3 is 0 Å². The van der Waals surface area contributed by atoms with Crippen LogP contribution >= 0.6 is 11.3 Å². The van der Waals surface area contributed by atoms with Crippen LogP contribution in [-0.4, -0.2) is 4.98 Å². The lowest BCUT2D eigenvalue weighted by atomic mass is 9.47. The van der Waals surface area contributed by atoms with Gasteiger partial charge in [0.2, 0.25) is 0 Å². The minimum absolute atomic E-state index is 0.154. The van der Waals surface area contributed by atoms with Crippen molar-refractivity contribution in [3.05, 3.63) is 58.6 Å². The van der Waals surface area contributed by atoms with Crippen molar-refractivity contribution in [3.63, 3.8) is 0 Å². The number of thiophene rings is 1. The van der Waals surface area contributed by atoms with Gasteiger partial charge in [-0.3, -0.25) is 4.98 Å². The molecule has 1 spiro atoms. The molecule has 4 saturated carbocycles. The van der Waals surface area contributed by atoms with Crippen molar-refractivity contribution in [3.8, 4) is 0 Å². The van der Waals surface area contributed by atoms with Crippen molar-refractivity contribution in [2.24, 2.45) is 23.7 Å². The van der Waals surface area contributed by atoms with Gasteiger partial charge in [-0.15, -0.1) is 11.3 Å². The van der Waals surface area contributed by atoms with Crippen LogP contribution in [0.2, 0.25) is 0 Å². The van der Waals surface area contributed by atoms with Crippen LogP contribution in [-0.2, 0) is 5.54 Å².